The lowest BCUT2D eigenvalue weighted by Crippen LogP contribution is -2.53. The fraction of sp³-hybridized carbons (Fsp3) is 0.520. The summed E-state index contributed by atoms with van der Waals surface area (Å²) in [6.45, 7) is 7.15. The number of alkyl halides is 2. The summed E-state index contributed by atoms with van der Waals surface area (Å²) in [6, 6.07) is 7.70. The van der Waals surface area contributed by atoms with Crippen LogP contribution in [0.3, 0.4) is 0 Å². The van der Waals surface area contributed by atoms with Crippen molar-refractivity contribution in [3.63, 3.8) is 0 Å². The van der Waals surface area contributed by atoms with Crippen molar-refractivity contribution in [1.29, 1.82) is 0 Å². The van der Waals surface area contributed by atoms with Gasteiger partial charge >= 0.3 is 0 Å². The van der Waals surface area contributed by atoms with E-state index in [0.717, 1.165) is 59.7 Å². The lowest BCUT2D eigenvalue weighted by molar-refractivity contribution is -0.123. The standard InChI is InChI=1S/C25H30F2N6O/c1-14(33-8-6-28-7-9-33)23(34)32(3)16-5-4-15-10-19(29-18(15)11-16)22-17-12-21-24(2,25(21,26)27)13-20(17)30-31-22/h4-5,10-11,14,21,28-29H,6-9,12-13H2,1-3H3,(H,30,31)/t14?,21-,24+/m0/s1. The molecule has 3 aliphatic rings. The Labute approximate surface area is 196 Å². The maximum absolute atomic E-state index is 14.3. The van der Waals surface area contributed by atoms with E-state index in [-0.39, 0.29) is 11.9 Å². The van der Waals surface area contributed by atoms with Crippen LogP contribution in [0.4, 0.5) is 14.5 Å². The van der Waals surface area contributed by atoms with Crippen molar-refractivity contribution in [3.05, 3.63) is 35.5 Å². The molecule has 2 aliphatic carbocycles. The number of rotatable bonds is 4. The van der Waals surface area contributed by atoms with E-state index in [9.17, 15) is 13.6 Å². The molecule has 1 aromatic carbocycles. The van der Waals surface area contributed by atoms with Gasteiger partial charge in [-0.3, -0.25) is 14.8 Å². The predicted octanol–water partition coefficient (Wildman–Crippen LogP) is 3.18. The number of nitrogens with one attached hydrogen (secondary N) is 3. The van der Waals surface area contributed by atoms with Crippen molar-refractivity contribution in [1.82, 2.24) is 25.4 Å². The molecule has 0 bridgehead atoms. The molecular weight excluding hydrogens is 438 g/mol. The number of hydrogen-bond acceptors (Lipinski definition) is 4. The molecule has 180 valence electrons. The van der Waals surface area contributed by atoms with Crippen LogP contribution in [0.15, 0.2) is 24.3 Å². The summed E-state index contributed by atoms with van der Waals surface area (Å²) < 4.78 is 28.6. The number of halogens is 2. The quantitative estimate of drug-likeness (QED) is 0.550. The minimum absolute atomic E-state index is 0.0582. The fourth-order valence-corrected chi connectivity index (χ4v) is 5.91. The Bertz CT molecular complexity index is 1280. The zero-order chi connectivity index (χ0) is 23.8. The summed E-state index contributed by atoms with van der Waals surface area (Å²) in [7, 11) is 1.81. The van der Waals surface area contributed by atoms with E-state index in [4.69, 9.17) is 0 Å². The van der Waals surface area contributed by atoms with Crippen molar-refractivity contribution in [2.75, 3.05) is 38.1 Å². The fourth-order valence-electron chi connectivity index (χ4n) is 5.91. The first-order valence-electron chi connectivity index (χ1n) is 12.0. The van der Waals surface area contributed by atoms with Gasteiger partial charge in [-0.05, 0) is 31.5 Å². The maximum atomic E-state index is 14.3. The van der Waals surface area contributed by atoms with E-state index in [2.05, 4.69) is 25.4 Å². The van der Waals surface area contributed by atoms with E-state index >= 15 is 0 Å². The number of H-pyrrole nitrogens is 2. The molecular formula is C25H30F2N6O. The lowest BCUT2D eigenvalue weighted by atomic mass is 9.87. The largest absolute Gasteiger partial charge is 0.353 e. The van der Waals surface area contributed by atoms with Crippen LogP contribution in [0.1, 0.15) is 25.1 Å². The van der Waals surface area contributed by atoms with Gasteiger partial charge in [0, 0.05) is 78.8 Å². The normalized spacial score (nSPS) is 26.7. The third-order valence-corrected chi connectivity index (χ3v) is 8.43. The molecule has 2 aromatic heterocycles. The van der Waals surface area contributed by atoms with E-state index in [0.29, 0.717) is 18.5 Å². The summed E-state index contributed by atoms with van der Waals surface area (Å²) >= 11 is 0. The topological polar surface area (TPSA) is 80.0 Å². The summed E-state index contributed by atoms with van der Waals surface area (Å²) in [6.07, 6.45) is 0.669. The molecule has 6 rings (SSSR count). The average molecular weight is 469 g/mol. The second-order valence-electron chi connectivity index (χ2n) is 10.3. The van der Waals surface area contributed by atoms with E-state index in [1.54, 1.807) is 11.8 Å². The number of piperazine rings is 1. The van der Waals surface area contributed by atoms with E-state index in [1.165, 1.54) is 0 Å². The summed E-state index contributed by atoms with van der Waals surface area (Å²) in [4.78, 5) is 20.4. The molecule has 1 saturated heterocycles. The molecule has 3 heterocycles. The third kappa shape index (κ3) is 3.06. The van der Waals surface area contributed by atoms with Gasteiger partial charge in [0.15, 0.2) is 0 Å². The zero-order valence-electron chi connectivity index (χ0n) is 19.7. The number of aromatic amines is 2. The van der Waals surface area contributed by atoms with Gasteiger partial charge in [-0.15, -0.1) is 0 Å². The highest BCUT2D eigenvalue weighted by Crippen LogP contribution is 2.70. The smallest absolute Gasteiger partial charge is 0.258 e. The van der Waals surface area contributed by atoms with Gasteiger partial charge in [0.25, 0.3) is 5.92 Å². The van der Waals surface area contributed by atoms with Crippen molar-refractivity contribution in [2.45, 2.75) is 38.7 Å². The van der Waals surface area contributed by atoms with Crippen LogP contribution in [0.5, 0.6) is 0 Å². The van der Waals surface area contributed by atoms with Crippen LogP contribution in [0, 0.1) is 11.3 Å². The van der Waals surface area contributed by atoms with E-state index < -0.39 is 17.3 Å². The van der Waals surface area contributed by atoms with Gasteiger partial charge in [-0.2, -0.15) is 5.10 Å². The molecule has 7 nitrogen and oxygen atoms in total. The van der Waals surface area contributed by atoms with Gasteiger partial charge in [-0.1, -0.05) is 13.0 Å². The number of nitrogens with zero attached hydrogens (tertiary/aromatic N) is 3. The molecule has 2 fully saturated rings. The molecule has 3 N–H and O–H groups in total. The minimum atomic E-state index is -2.61. The van der Waals surface area contributed by atoms with Gasteiger partial charge in [0.2, 0.25) is 5.91 Å². The van der Waals surface area contributed by atoms with Gasteiger partial charge in [0.05, 0.1) is 11.7 Å². The van der Waals surface area contributed by atoms with Crippen LogP contribution in [-0.4, -0.2) is 71.2 Å². The monoisotopic (exact) mass is 468 g/mol. The van der Waals surface area contributed by atoms with Gasteiger partial charge in [-0.25, -0.2) is 8.78 Å². The highest BCUT2D eigenvalue weighted by Gasteiger charge is 2.78. The second kappa shape index (κ2) is 7.36. The number of hydrogen-bond donors (Lipinski definition) is 3. The van der Waals surface area contributed by atoms with Crippen molar-refractivity contribution in [3.8, 4) is 11.4 Å². The Morgan fingerprint density at radius 1 is 1.26 bits per heavy atom. The predicted molar refractivity (Wildman–Crippen MR) is 127 cm³/mol. The molecule has 9 heteroatoms. The molecule has 1 unspecified atom stereocenters. The molecule has 1 aliphatic heterocycles. The Kier molecular flexibility index (Phi) is 4.70. The third-order valence-electron chi connectivity index (χ3n) is 8.43. The number of anilines is 1. The number of carbonyl (C=O) groups is 1. The van der Waals surface area contributed by atoms with Crippen molar-refractivity contribution in [2.24, 2.45) is 11.3 Å². The van der Waals surface area contributed by atoms with Crippen molar-refractivity contribution < 1.29 is 13.6 Å². The number of carbonyl (C=O) groups excluding carboxylic acids is 1. The highest BCUT2D eigenvalue weighted by molar-refractivity contribution is 5.98. The highest BCUT2D eigenvalue weighted by atomic mass is 19.3. The number of likely N-dealkylation sites (N-methyl/N-ethyl adjacent to an activating group) is 1. The SMILES string of the molecule is CC(C(=O)N(C)c1ccc2cc(-c3n[nH]c4c3C[C@@H]3C(F)(F)[C@]3(C)C4)[nH]c2c1)N1CCNCC1. The Hall–Kier alpha value is -2.78. The molecule has 0 spiro atoms. The van der Waals surface area contributed by atoms with E-state index in [1.807, 2.05) is 38.2 Å². The summed E-state index contributed by atoms with van der Waals surface area (Å²) in [5.41, 5.74) is 3.98. The number of fused-ring (bicyclic) bond motifs is 3. The first-order valence-corrected chi connectivity index (χ1v) is 12.0. The molecule has 1 amide bonds. The molecule has 1 saturated carbocycles. The molecule has 3 atom stereocenters. The van der Waals surface area contributed by atoms with Gasteiger partial charge < -0.3 is 15.2 Å². The lowest BCUT2D eigenvalue weighted by Gasteiger charge is -2.34. The Balaban J connectivity index is 1.26. The molecule has 3 aromatic rings. The van der Waals surface area contributed by atoms with Crippen molar-refractivity contribution >= 4 is 22.5 Å². The van der Waals surface area contributed by atoms with Crippen LogP contribution in [-0.2, 0) is 17.6 Å². The zero-order valence-corrected chi connectivity index (χ0v) is 19.7. The first kappa shape index (κ1) is 21.7. The minimum Gasteiger partial charge on any atom is -0.353 e. The van der Waals surface area contributed by atoms with Crippen LogP contribution >= 0.6 is 0 Å². The first-order chi connectivity index (χ1) is 16.2. The second-order valence-corrected chi connectivity index (χ2v) is 10.3. The Morgan fingerprint density at radius 3 is 2.79 bits per heavy atom. The Morgan fingerprint density at radius 2 is 2.03 bits per heavy atom. The average Bonchev–Trinajstić information content (AvgIpc) is 3.24. The van der Waals surface area contributed by atoms with Crippen LogP contribution in [0.2, 0.25) is 0 Å². The number of amides is 1. The molecule has 34 heavy (non-hydrogen) atoms. The summed E-state index contributed by atoms with van der Waals surface area (Å²) in [5.74, 6) is -3.17. The van der Waals surface area contributed by atoms with Crippen LogP contribution < -0.4 is 10.2 Å². The molecule has 0 radical (unpaired) electrons. The number of aromatic nitrogens is 3. The maximum Gasteiger partial charge on any atom is 0.258 e. The summed E-state index contributed by atoms with van der Waals surface area (Å²) in [5, 5.41) is 11.8. The van der Waals surface area contributed by atoms with Gasteiger partial charge in [0.1, 0.15) is 5.69 Å². The van der Waals surface area contributed by atoms with Crippen LogP contribution in [0.25, 0.3) is 22.3 Å². The number of benzene rings is 1.